The summed E-state index contributed by atoms with van der Waals surface area (Å²) >= 11 is 5.65. The molecule has 2 aliphatic heterocycles. The lowest BCUT2D eigenvalue weighted by Gasteiger charge is -2.26. The number of fused-ring (bicyclic) bond motifs is 2. The topological polar surface area (TPSA) is 58.4 Å². The van der Waals surface area contributed by atoms with Gasteiger partial charge in [0.15, 0.2) is 0 Å². The summed E-state index contributed by atoms with van der Waals surface area (Å²) < 4.78 is 13.7. The molecular formula is C13H15ClFN3O2. The number of halogens is 2. The third kappa shape index (κ3) is 2.45. The first-order valence-electron chi connectivity index (χ1n) is 6.69. The van der Waals surface area contributed by atoms with Crippen molar-refractivity contribution in [1.29, 1.82) is 0 Å². The molecule has 5 nitrogen and oxygen atoms in total. The molecule has 0 radical (unpaired) electrons. The Kier molecular flexibility index (Phi) is 3.52. The maximum absolute atomic E-state index is 13.7. The van der Waals surface area contributed by atoms with Gasteiger partial charge < -0.3 is 10.2 Å². The Morgan fingerprint density at radius 2 is 2.10 bits per heavy atom. The second-order valence-electron chi connectivity index (χ2n) is 5.38. The van der Waals surface area contributed by atoms with Crippen molar-refractivity contribution in [2.24, 2.45) is 0 Å². The lowest BCUT2D eigenvalue weighted by molar-refractivity contribution is -0.384. The molecule has 108 valence electrons. The van der Waals surface area contributed by atoms with Crippen LogP contribution in [0.5, 0.6) is 0 Å². The van der Waals surface area contributed by atoms with E-state index in [9.17, 15) is 14.5 Å². The van der Waals surface area contributed by atoms with E-state index >= 15 is 0 Å². The van der Waals surface area contributed by atoms with Crippen molar-refractivity contribution in [1.82, 2.24) is 5.32 Å². The lowest BCUT2D eigenvalue weighted by atomic mass is 10.1. The van der Waals surface area contributed by atoms with Gasteiger partial charge in [-0.3, -0.25) is 10.1 Å². The molecule has 2 atom stereocenters. The molecule has 0 saturated carbocycles. The first-order chi connectivity index (χ1) is 9.54. The van der Waals surface area contributed by atoms with E-state index in [1.807, 2.05) is 4.90 Å². The summed E-state index contributed by atoms with van der Waals surface area (Å²) in [7, 11) is 0. The Hall–Kier alpha value is -1.40. The molecule has 2 aliphatic rings. The van der Waals surface area contributed by atoms with Crippen molar-refractivity contribution in [3.8, 4) is 0 Å². The molecule has 2 saturated heterocycles. The predicted octanol–water partition coefficient (Wildman–Crippen LogP) is 2.72. The SMILES string of the molecule is O=[N+]([O-])c1cc(Cl)c(F)cc1N1CCC2CCC(C1)N2. The number of benzene rings is 1. The molecule has 1 N–H and O–H groups in total. The maximum atomic E-state index is 13.7. The number of nitro groups is 1. The second kappa shape index (κ2) is 5.18. The summed E-state index contributed by atoms with van der Waals surface area (Å²) in [5.74, 6) is -0.616. The van der Waals surface area contributed by atoms with Crippen LogP contribution in [0.1, 0.15) is 19.3 Å². The second-order valence-corrected chi connectivity index (χ2v) is 5.79. The smallest absolute Gasteiger partial charge is 0.294 e. The Bertz CT molecular complexity index is 555. The summed E-state index contributed by atoms with van der Waals surface area (Å²) in [4.78, 5) is 12.6. The summed E-state index contributed by atoms with van der Waals surface area (Å²) in [5.41, 5.74) is 0.195. The Labute approximate surface area is 120 Å². The van der Waals surface area contributed by atoms with E-state index in [1.54, 1.807) is 0 Å². The van der Waals surface area contributed by atoms with Crippen LogP contribution in [0.3, 0.4) is 0 Å². The van der Waals surface area contributed by atoms with E-state index in [-0.39, 0.29) is 10.7 Å². The molecule has 0 aliphatic carbocycles. The van der Waals surface area contributed by atoms with E-state index in [2.05, 4.69) is 5.32 Å². The minimum absolute atomic E-state index is 0.130. The van der Waals surface area contributed by atoms with Crippen molar-refractivity contribution in [2.45, 2.75) is 31.3 Å². The lowest BCUT2D eigenvalue weighted by Crippen LogP contribution is -2.35. The number of nitro benzene ring substituents is 1. The Morgan fingerprint density at radius 1 is 1.35 bits per heavy atom. The van der Waals surface area contributed by atoms with Crippen molar-refractivity contribution in [3.05, 3.63) is 33.1 Å². The van der Waals surface area contributed by atoms with Crippen LogP contribution >= 0.6 is 11.6 Å². The molecule has 2 heterocycles. The highest BCUT2D eigenvalue weighted by atomic mass is 35.5. The molecule has 7 heteroatoms. The first kappa shape index (κ1) is 13.6. The average Bonchev–Trinajstić information content (AvgIpc) is 2.72. The van der Waals surface area contributed by atoms with Crippen LogP contribution in [0, 0.1) is 15.9 Å². The molecule has 20 heavy (non-hydrogen) atoms. The summed E-state index contributed by atoms with van der Waals surface area (Å²) in [6.45, 7) is 1.36. The van der Waals surface area contributed by atoms with Crippen LogP contribution in [0.15, 0.2) is 12.1 Å². The fraction of sp³-hybridized carbons (Fsp3) is 0.538. The molecule has 1 aromatic carbocycles. The fourth-order valence-electron chi connectivity index (χ4n) is 3.09. The summed E-state index contributed by atoms with van der Waals surface area (Å²) in [5, 5.41) is 14.4. The molecule has 2 unspecified atom stereocenters. The van der Waals surface area contributed by atoms with Crippen LogP contribution in [0.2, 0.25) is 5.02 Å². The van der Waals surface area contributed by atoms with Gasteiger partial charge in [-0.25, -0.2) is 4.39 Å². The van der Waals surface area contributed by atoms with E-state index in [4.69, 9.17) is 11.6 Å². The fourth-order valence-corrected chi connectivity index (χ4v) is 3.25. The zero-order valence-corrected chi connectivity index (χ0v) is 11.6. The van der Waals surface area contributed by atoms with Gasteiger partial charge >= 0.3 is 0 Å². The van der Waals surface area contributed by atoms with Gasteiger partial charge in [0, 0.05) is 37.3 Å². The molecule has 2 bridgehead atoms. The molecule has 0 amide bonds. The molecule has 0 spiro atoms. The zero-order chi connectivity index (χ0) is 14.3. The standard InChI is InChI=1S/C13H15ClFN3O2/c14-10-5-13(18(19)20)12(6-11(10)15)17-4-3-8-1-2-9(7-17)16-8/h5-6,8-9,16H,1-4,7H2. The van der Waals surface area contributed by atoms with Crippen molar-refractivity contribution in [2.75, 3.05) is 18.0 Å². The highest BCUT2D eigenvalue weighted by Gasteiger charge is 2.32. The zero-order valence-electron chi connectivity index (χ0n) is 10.8. The van der Waals surface area contributed by atoms with Gasteiger partial charge in [0.2, 0.25) is 0 Å². The average molecular weight is 300 g/mol. The monoisotopic (exact) mass is 299 g/mol. The van der Waals surface area contributed by atoms with E-state index in [0.29, 0.717) is 30.9 Å². The van der Waals surface area contributed by atoms with Gasteiger partial charge in [-0.05, 0) is 19.3 Å². The van der Waals surface area contributed by atoms with E-state index in [1.165, 1.54) is 6.07 Å². The van der Waals surface area contributed by atoms with Crippen LogP contribution in [0.4, 0.5) is 15.8 Å². The van der Waals surface area contributed by atoms with Crippen molar-refractivity contribution >= 4 is 23.0 Å². The van der Waals surface area contributed by atoms with E-state index in [0.717, 1.165) is 25.3 Å². The Morgan fingerprint density at radius 3 is 2.85 bits per heavy atom. The van der Waals surface area contributed by atoms with Gasteiger partial charge in [-0.1, -0.05) is 11.6 Å². The van der Waals surface area contributed by atoms with Crippen molar-refractivity contribution in [3.63, 3.8) is 0 Å². The number of nitrogens with zero attached hydrogens (tertiary/aromatic N) is 2. The highest BCUT2D eigenvalue weighted by molar-refractivity contribution is 6.31. The van der Waals surface area contributed by atoms with Gasteiger partial charge in [0.1, 0.15) is 11.5 Å². The van der Waals surface area contributed by atoms with Crippen LogP contribution < -0.4 is 10.2 Å². The van der Waals surface area contributed by atoms with Crippen molar-refractivity contribution < 1.29 is 9.31 Å². The number of anilines is 1. The van der Waals surface area contributed by atoms with E-state index < -0.39 is 10.7 Å². The minimum Gasteiger partial charge on any atom is -0.364 e. The molecular weight excluding hydrogens is 285 g/mol. The molecule has 1 aromatic rings. The predicted molar refractivity (Wildman–Crippen MR) is 74.8 cm³/mol. The number of rotatable bonds is 2. The molecule has 3 rings (SSSR count). The molecule has 2 fully saturated rings. The van der Waals surface area contributed by atoms with Gasteiger partial charge in [0.05, 0.1) is 9.95 Å². The van der Waals surface area contributed by atoms with Gasteiger partial charge in [-0.15, -0.1) is 0 Å². The minimum atomic E-state index is -0.616. The molecule has 0 aromatic heterocycles. The van der Waals surface area contributed by atoms with Gasteiger partial charge in [-0.2, -0.15) is 0 Å². The normalized spacial score (nSPS) is 25.6. The first-order valence-corrected chi connectivity index (χ1v) is 7.07. The third-order valence-corrected chi connectivity index (χ3v) is 4.37. The number of hydrogen-bond donors (Lipinski definition) is 1. The quantitative estimate of drug-likeness (QED) is 0.674. The third-order valence-electron chi connectivity index (χ3n) is 4.08. The summed E-state index contributed by atoms with van der Waals surface area (Å²) in [6.07, 6.45) is 3.12. The van der Waals surface area contributed by atoms with Gasteiger partial charge in [0.25, 0.3) is 5.69 Å². The Balaban J connectivity index is 1.96. The maximum Gasteiger partial charge on any atom is 0.294 e. The van der Waals surface area contributed by atoms with Crippen LogP contribution in [-0.2, 0) is 0 Å². The largest absolute Gasteiger partial charge is 0.364 e. The summed E-state index contributed by atoms with van der Waals surface area (Å²) in [6, 6.07) is 3.07. The van der Waals surface area contributed by atoms with Crippen LogP contribution in [0.25, 0.3) is 0 Å². The highest BCUT2D eigenvalue weighted by Crippen LogP contribution is 2.35. The number of hydrogen-bond acceptors (Lipinski definition) is 4. The number of nitrogens with one attached hydrogen (secondary N) is 1. The van der Waals surface area contributed by atoms with Crippen LogP contribution in [-0.4, -0.2) is 30.1 Å².